The Hall–Kier alpha value is -1.85. The van der Waals surface area contributed by atoms with Crippen LogP contribution in [0.25, 0.3) is 0 Å². The van der Waals surface area contributed by atoms with Gasteiger partial charge in [0.25, 0.3) is 0 Å². The molecule has 0 aliphatic rings. The highest BCUT2D eigenvalue weighted by atomic mass is 16.6. The zero-order valence-electron chi connectivity index (χ0n) is 13.4. The number of amides is 2. The van der Waals surface area contributed by atoms with Crippen molar-refractivity contribution >= 4 is 6.03 Å². The summed E-state index contributed by atoms with van der Waals surface area (Å²) < 4.78 is 5.06. The molecular formula is C17H26N2O3. The van der Waals surface area contributed by atoms with Crippen molar-refractivity contribution < 1.29 is 14.6 Å². The molecule has 1 atom stereocenters. The van der Waals surface area contributed by atoms with Gasteiger partial charge in [-0.3, -0.25) is 0 Å². The largest absolute Gasteiger partial charge is 0.364 e. The molecule has 0 saturated heterocycles. The standard InChI is InChI=1S/C17H26N2O3/c1-13(2)16(20)22-11-10-19-17(21)18-9-5-8-15-7-4-6-14(3)12-15/h4,6-7,12,16,20H,1,5,8-11H2,2-3H3,(H2,18,19,21). The van der Waals surface area contributed by atoms with Gasteiger partial charge in [0.2, 0.25) is 0 Å². The zero-order chi connectivity index (χ0) is 16.4. The quantitative estimate of drug-likeness (QED) is 0.372. The van der Waals surface area contributed by atoms with E-state index in [9.17, 15) is 9.90 Å². The Morgan fingerprint density at radius 2 is 2.09 bits per heavy atom. The molecule has 0 aliphatic carbocycles. The van der Waals surface area contributed by atoms with E-state index in [2.05, 4.69) is 42.3 Å². The summed E-state index contributed by atoms with van der Waals surface area (Å²) in [4.78, 5) is 11.5. The molecule has 0 saturated carbocycles. The molecule has 0 radical (unpaired) electrons. The molecule has 2 amide bonds. The maximum Gasteiger partial charge on any atom is 0.314 e. The van der Waals surface area contributed by atoms with Gasteiger partial charge in [-0.05, 0) is 37.8 Å². The first-order valence-electron chi connectivity index (χ1n) is 7.51. The van der Waals surface area contributed by atoms with Crippen LogP contribution in [0.2, 0.25) is 0 Å². The van der Waals surface area contributed by atoms with Crippen molar-refractivity contribution in [2.75, 3.05) is 19.7 Å². The lowest BCUT2D eigenvalue weighted by atomic mass is 10.1. The number of aliphatic hydroxyl groups is 1. The summed E-state index contributed by atoms with van der Waals surface area (Å²) in [5.74, 6) is 0. The first-order chi connectivity index (χ1) is 10.5. The van der Waals surface area contributed by atoms with Gasteiger partial charge in [0.1, 0.15) is 0 Å². The summed E-state index contributed by atoms with van der Waals surface area (Å²) >= 11 is 0. The van der Waals surface area contributed by atoms with Crippen LogP contribution < -0.4 is 10.6 Å². The van der Waals surface area contributed by atoms with Gasteiger partial charge in [-0.25, -0.2) is 4.79 Å². The van der Waals surface area contributed by atoms with Crippen molar-refractivity contribution in [1.82, 2.24) is 10.6 Å². The Bertz CT molecular complexity index is 489. The van der Waals surface area contributed by atoms with Crippen molar-refractivity contribution in [3.05, 3.63) is 47.5 Å². The molecule has 1 unspecified atom stereocenters. The molecule has 0 aromatic heterocycles. The number of hydrogen-bond donors (Lipinski definition) is 3. The third-order valence-electron chi connectivity index (χ3n) is 3.10. The number of carbonyl (C=O) groups excluding carboxylic acids is 1. The average molecular weight is 306 g/mol. The maximum atomic E-state index is 11.5. The smallest absolute Gasteiger partial charge is 0.314 e. The molecule has 0 fully saturated rings. The van der Waals surface area contributed by atoms with Crippen LogP contribution in [0.1, 0.15) is 24.5 Å². The van der Waals surface area contributed by atoms with Crippen LogP contribution >= 0.6 is 0 Å². The van der Waals surface area contributed by atoms with E-state index in [1.165, 1.54) is 11.1 Å². The fourth-order valence-electron chi connectivity index (χ4n) is 1.90. The summed E-state index contributed by atoms with van der Waals surface area (Å²) in [6, 6.07) is 8.14. The van der Waals surface area contributed by atoms with Gasteiger partial charge >= 0.3 is 6.03 Å². The van der Waals surface area contributed by atoms with Crippen LogP contribution in [0, 0.1) is 6.92 Å². The first kappa shape index (κ1) is 18.2. The minimum atomic E-state index is -0.973. The minimum Gasteiger partial charge on any atom is -0.364 e. The van der Waals surface area contributed by atoms with Crippen LogP contribution in [-0.4, -0.2) is 37.1 Å². The lowest BCUT2D eigenvalue weighted by Gasteiger charge is -2.12. The molecule has 122 valence electrons. The number of aryl methyl sites for hydroxylation is 2. The maximum absolute atomic E-state index is 11.5. The fraction of sp³-hybridized carbons (Fsp3) is 0.471. The zero-order valence-corrected chi connectivity index (χ0v) is 13.4. The van der Waals surface area contributed by atoms with Gasteiger partial charge in [-0.2, -0.15) is 0 Å². The van der Waals surface area contributed by atoms with Gasteiger partial charge in [0.15, 0.2) is 6.29 Å². The van der Waals surface area contributed by atoms with Crippen LogP contribution in [0.4, 0.5) is 4.79 Å². The molecular weight excluding hydrogens is 280 g/mol. The molecule has 0 spiro atoms. The van der Waals surface area contributed by atoms with E-state index in [0.29, 0.717) is 18.7 Å². The number of benzene rings is 1. The summed E-state index contributed by atoms with van der Waals surface area (Å²) in [5, 5.41) is 14.8. The van der Waals surface area contributed by atoms with Crippen molar-refractivity contribution in [2.24, 2.45) is 0 Å². The van der Waals surface area contributed by atoms with Crippen molar-refractivity contribution in [3.8, 4) is 0 Å². The van der Waals surface area contributed by atoms with Crippen LogP contribution in [0.5, 0.6) is 0 Å². The van der Waals surface area contributed by atoms with E-state index >= 15 is 0 Å². The number of nitrogens with one attached hydrogen (secondary N) is 2. The Morgan fingerprint density at radius 3 is 2.77 bits per heavy atom. The lowest BCUT2D eigenvalue weighted by molar-refractivity contribution is -0.0697. The Kier molecular flexibility index (Phi) is 8.25. The van der Waals surface area contributed by atoms with E-state index in [1.54, 1.807) is 6.92 Å². The number of carbonyl (C=O) groups is 1. The topological polar surface area (TPSA) is 70.6 Å². The second kappa shape index (κ2) is 9.97. The van der Waals surface area contributed by atoms with E-state index in [4.69, 9.17) is 4.74 Å². The first-order valence-corrected chi connectivity index (χ1v) is 7.51. The van der Waals surface area contributed by atoms with Crippen molar-refractivity contribution in [2.45, 2.75) is 33.0 Å². The fourth-order valence-corrected chi connectivity index (χ4v) is 1.90. The number of rotatable bonds is 9. The van der Waals surface area contributed by atoms with E-state index in [0.717, 1.165) is 12.8 Å². The van der Waals surface area contributed by atoms with E-state index in [-0.39, 0.29) is 12.6 Å². The Morgan fingerprint density at radius 1 is 1.36 bits per heavy atom. The molecule has 0 aliphatic heterocycles. The predicted molar refractivity (Wildman–Crippen MR) is 87.7 cm³/mol. The lowest BCUT2D eigenvalue weighted by Crippen LogP contribution is -2.38. The summed E-state index contributed by atoms with van der Waals surface area (Å²) in [6.45, 7) is 8.53. The predicted octanol–water partition coefficient (Wildman–Crippen LogP) is 2.14. The van der Waals surface area contributed by atoms with Crippen LogP contribution in [0.15, 0.2) is 36.4 Å². The van der Waals surface area contributed by atoms with E-state index < -0.39 is 6.29 Å². The molecule has 5 heteroatoms. The molecule has 0 heterocycles. The third-order valence-corrected chi connectivity index (χ3v) is 3.10. The SMILES string of the molecule is C=C(C)C(O)OCCNC(=O)NCCCc1cccc(C)c1. The Balaban J connectivity index is 2.05. The number of aliphatic hydroxyl groups excluding tert-OH is 1. The number of hydrogen-bond acceptors (Lipinski definition) is 3. The van der Waals surface area contributed by atoms with Gasteiger partial charge in [-0.15, -0.1) is 0 Å². The van der Waals surface area contributed by atoms with Gasteiger partial charge < -0.3 is 20.5 Å². The highest BCUT2D eigenvalue weighted by Crippen LogP contribution is 2.05. The molecule has 0 bridgehead atoms. The average Bonchev–Trinajstić information content (AvgIpc) is 2.48. The number of urea groups is 1. The van der Waals surface area contributed by atoms with Crippen molar-refractivity contribution in [3.63, 3.8) is 0 Å². The molecule has 22 heavy (non-hydrogen) atoms. The Labute approximate surface area is 132 Å². The molecule has 5 nitrogen and oxygen atoms in total. The normalized spacial score (nSPS) is 11.8. The monoisotopic (exact) mass is 306 g/mol. The molecule has 1 aromatic carbocycles. The van der Waals surface area contributed by atoms with Gasteiger partial charge in [-0.1, -0.05) is 36.4 Å². The number of ether oxygens (including phenoxy) is 1. The summed E-state index contributed by atoms with van der Waals surface area (Å²) in [6.07, 6.45) is 0.858. The second-order valence-corrected chi connectivity index (χ2v) is 5.34. The van der Waals surface area contributed by atoms with Gasteiger partial charge in [0.05, 0.1) is 6.61 Å². The summed E-state index contributed by atoms with van der Waals surface area (Å²) in [7, 11) is 0. The highest BCUT2D eigenvalue weighted by Gasteiger charge is 2.04. The molecule has 3 N–H and O–H groups in total. The van der Waals surface area contributed by atoms with Crippen LogP contribution in [-0.2, 0) is 11.2 Å². The van der Waals surface area contributed by atoms with Crippen molar-refractivity contribution in [1.29, 1.82) is 0 Å². The van der Waals surface area contributed by atoms with Crippen LogP contribution in [0.3, 0.4) is 0 Å². The summed E-state index contributed by atoms with van der Waals surface area (Å²) in [5.41, 5.74) is 3.07. The minimum absolute atomic E-state index is 0.224. The highest BCUT2D eigenvalue weighted by molar-refractivity contribution is 5.73. The van der Waals surface area contributed by atoms with Gasteiger partial charge in [0, 0.05) is 13.1 Å². The second-order valence-electron chi connectivity index (χ2n) is 5.34. The molecule has 1 aromatic rings. The van der Waals surface area contributed by atoms with E-state index in [1.807, 2.05) is 6.07 Å². The third kappa shape index (κ3) is 7.81. The molecule has 1 rings (SSSR count).